The third-order valence-corrected chi connectivity index (χ3v) is 2.64. The van der Waals surface area contributed by atoms with E-state index in [0.717, 1.165) is 12.5 Å². The molecule has 1 nitrogen and oxygen atoms in total. The molecule has 0 amide bonds. The Kier molecular flexibility index (Phi) is 4.51. The Bertz CT molecular complexity index is 342. The molecule has 1 aromatic carbocycles. The molecule has 0 heterocycles. The van der Waals surface area contributed by atoms with E-state index in [1.807, 2.05) is 13.8 Å². The van der Waals surface area contributed by atoms with Crippen LogP contribution in [-0.2, 0) is 0 Å². The summed E-state index contributed by atoms with van der Waals surface area (Å²) in [5.41, 5.74) is 0. The van der Waals surface area contributed by atoms with Crippen LogP contribution in [0.2, 0.25) is 0 Å². The van der Waals surface area contributed by atoms with Gasteiger partial charge in [-0.25, -0.2) is 4.39 Å². The Labute approximate surface area is 96.6 Å². The molecule has 0 spiro atoms. The topological polar surface area (TPSA) is 9.23 Å². The molecule has 1 aromatic rings. The minimum absolute atomic E-state index is 0.0397. The summed E-state index contributed by atoms with van der Waals surface area (Å²) in [5.74, 6) is -1.54. The SMILES string of the molecule is CCC(C)COc1cc(Br)cc(F)c1F. The molecular weight excluding hydrogens is 266 g/mol. The van der Waals surface area contributed by atoms with Crippen LogP contribution in [0.4, 0.5) is 8.78 Å². The van der Waals surface area contributed by atoms with Gasteiger partial charge in [0.05, 0.1) is 6.61 Å². The highest BCUT2D eigenvalue weighted by Gasteiger charge is 2.12. The number of rotatable bonds is 4. The molecule has 0 fully saturated rings. The lowest BCUT2D eigenvalue weighted by Gasteiger charge is -2.12. The Morgan fingerprint density at radius 3 is 2.67 bits per heavy atom. The van der Waals surface area contributed by atoms with Gasteiger partial charge in [0.1, 0.15) is 0 Å². The zero-order valence-corrected chi connectivity index (χ0v) is 10.3. The van der Waals surface area contributed by atoms with Crippen molar-refractivity contribution in [3.8, 4) is 5.75 Å². The Balaban J connectivity index is 2.76. The first-order valence-corrected chi connectivity index (χ1v) is 5.61. The molecule has 0 saturated heterocycles. The smallest absolute Gasteiger partial charge is 0.200 e. The molecule has 4 heteroatoms. The van der Waals surface area contributed by atoms with Crippen LogP contribution in [0.25, 0.3) is 0 Å². The van der Waals surface area contributed by atoms with Gasteiger partial charge >= 0.3 is 0 Å². The summed E-state index contributed by atoms with van der Waals surface area (Å²) in [5, 5.41) is 0. The third kappa shape index (κ3) is 3.45. The van der Waals surface area contributed by atoms with Gasteiger partial charge in [-0.2, -0.15) is 4.39 Å². The quantitative estimate of drug-likeness (QED) is 0.752. The van der Waals surface area contributed by atoms with Crippen LogP contribution in [0.1, 0.15) is 20.3 Å². The van der Waals surface area contributed by atoms with Gasteiger partial charge in [-0.3, -0.25) is 0 Å². The average Bonchev–Trinajstić information content (AvgIpc) is 2.20. The van der Waals surface area contributed by atoms with E-state index in [2.05, 4.69) is 15.9 Å². The Morgan fingerprint density at radius 1 is 1.40 bits per heavy atom. The first-order valence-electron chi connectivity index (χ1n) is 4.82. The molecule has 1 unspecified atom stereocenters. The maximum Gasteiger partial charge on any atom is 0.200 e. The zero-order chi connectivity index (χ0) is 11.4. The van der Waals surface area contributed by atoms with E-state index >= 15 is 0 Å². The van der Waals surface area contributed by atoms with E-state index in [4.69, 9.17) is 4.74 Å². The van der Waals surface area contributed by atoms with Crippen molar-refractivity contribution in [2.45, 2.75) is 20.3 Å². The van der Waals surface area contributed by atoms with Crippen molar-refractivity contribution in [3.05, 3.63) is 28.2 Å². The fourth-order valence-corrected chi connectivity index (χ4v) is 1.40. The largest absolute Gasteiger partial charge is 0.490 e. The van der Waals surface area contributed by atoms with E-state index in [-0.39, 0.29) is 5.75 Å². The summed E-state index contributed by atoms with van der Waals surface area (Å²) in [6, 6.07) is 2.51. The Morgan fingerprint density at radius 2 is 2.07 bits per heavy atom. The number of benzene rings is 1. The fourth-order valence-electron chi connectivity index (χ4n) is 0.987. The van der Waals surface area contributed by atoms with Crippen molar-refractivity contribution >= 4 is 15.9 Å². The van der Waals surface area contributed by atoms with Crippen LogP contribution < -0.4 is 4.74 Å². The number of hydrogen-bond acceptors (Lipinski definition) is 1. The summed E-state index contributed by atoms with van der Waals surface area (Å²) >= 11 is 3.08. The maximum absolute atomic E-state index is 13.2. The molecule has 0 N–H and O–H groups in total. The molecule has 15 heavy (non-hydrogen) atoms. The van der Waals surface area contributed by atoms with Gasteiger partial charge < -0.3 is 4.74 Å². The fraction of sp³-hybridized carbons (Fsp3) is 0.455. The van der Waals surface area contributed by atoms with Gasteiger partial charge in [0.2, 0.25) is 5.82 Å². The molecule has 0 radical (unpaired) electrons. The standard InChI is InChI=1S/C11H13BrF2O/c1-3-7(2)6-15-10-5-8(12)4-9(13)11(10)14/h4-5,7H,3,6H2,1-2H3. The summed E-state index contributed by atoms with van der Waals surface area (Å²) in [4.78, 5) is 0. The average molecular weight is 279 g/mol. The van der Waals surface area contributed by atoms with E-state index in [0.29, 0.717) is 17.0 Å². The van der Waals surface area contributed by atoms with Crippen molar-refractivity contribution in [3.63, 3.8) is 0 Å². The molecule has 1 rings (SSSR count). The van der Waals surface area contributed by atoms with Crippen LogP contribution in [0, 0.1) is 17.6 Å². The maximum atomic E-state index is 13.2. The lowest BCUT2D eigenvalue weighted by atomic mass is 10.1. The predicted molar refractivity (Wildman–Crippen MR) is 59.0 cm³/mol. The predicted octanol–water partition coefficient (Wildman–Crippen LogP) is 4.15. The molecular formula is C11H13BrF2O. The number of halogens is 3. The molecule has 0 aliphatic rings. The van der Waals surface area contributed by atoms with Crippen LogP contribution in [0.5, 0.6) is 5.75 Å². The number of hydrogen-bond donors (Lipinski definition) is 0. The van der Waals surface area contributed by atoms with Crippen LogP contribution >= 0.6 is 15.9 Å². The van der Waals surface area contributed by atoms with Crippen molar-refractivity contribution in [2.24, 2.45) is 5.92 Å². The highest BCUT2D eigenvalue weighted by molar-refractivity contribution is 9.10. The van der Waals surface area contributed by atoms with Gasteiger partial charge in [-0.05, 0) is 18.1 Å². The van der Waals surface area contributed by atoms with Gasteiger partial charge in [0.15, 0.2) is 11.6 Å². The van der Waals surface area contributed by atoms with Gasteiger partial charge in [-0.15, -0.1) is 0 Å². The van der Waals surface area contributed by atoms with Gasteiger partial charge in [-0.1, -0.05) is 36.2 Å². The summed E-state index contributed by atoms with van der Waals surface area (Å²) in [6.45, 7) is 4.40. The van der Waals surface area contributed by atoms with E-state index in [9.17, 15) is 8.78 Å². The van der Waals surface area contributed by atoms with Crippen LogP contribution in [-0.4, -0.2) is 6.61 Å². The number of ether oxygens (including phenoxy) is 1. The minimum atomic E-state index is -0.929. The highest BCUT2D eigenvalue weighted by atomic mass is 79.9. The van der Waals surface area contributed by atoms with Crippen molar-refractivity contribution in [1.82, 2.24) is 0 Å². The van der Waals surface area contributed by atoms with Gasteiger partial charge in [0.25, 0.3) is 0 Å². The molecule has 0 aliphatic heterocycles. The second-order valence-electron chi connectivity index (χ2n) is 3.52. The molecule has 1 atom stereocenters. The van der Waals surface area contributed by atoms with E-state index < -0.39 is 11.6 Å². The zero-order valence-electron chi connectivity index (χ0n) is 8.69. The normalized spacial score (nSPS) is 12.6. The van der Waals surface area contributed by atoms with Crippen molar-refractivity contribution in [1.29, 1.82) is 0 Å². The lowest BCUT2D eigenvalue weighted by molar-refractivity contribution is 0.243. The first kappa shape index (κ1) is 12.4. The molecule has 84 valence electrons. The summed E-state index contributed by atoms with van der Waals surface area (Å²) in [6.07, 6.45) is 0.943. The van der Waals surface area contributed by atoms with Crippen molar-refractivity contribution < 1.29 is 13.5 Å². The second-order valence-corrected chi connectivity index (χ2v) is 4.44. The summed E-state index contributed by atoms with van der Waals surface area (Å²) < 4.78 is 31.9. The van der Waals surface area contributed by atoms with E-state index in [1.54, 1.807) is 0 Å². The van der Waals surface area contributed by atoms with Crippen LogP contribution in [0.15, 0.2) is 16.6 Å². The molecule has 0 bridgehead atoms. The third-order valence-electron chi connectivity index (χ3n) is 2.18. The molecule has 0 saturated carbocycles. The monoisotopic (exact) mass is 278 g/mol. The van der Waals surface area contributed by atoms with E-state index in [1.165, 1.54) is 6.07 Å². The molecule has 0 aromatic heterocycles. The van der Waals surface area contributed by atoms with Gasteiger partial charge in [0, 0.05) is 4.47 Å². The van der Waals surface area contributed by atoms with Crippen LogP contribution in [0.3, 0.4) is 0 Å². The van der Waals surface area contributed by atoms with Crippen molar-refractivity contribution in [2.75, 3.05) is 6.61 Å². The first-order chi connectivity index (χ1) is 7.04. The second kappa shape index (κ2) is 5.45. The lowest BCUT2D eigenvalue weighted by Crippen LogP contribution is -2.08. The minimum Gasteiger partial charge on any atom is -0.490 e. The Hall–Kier alpha value is -0.640. The summed E-state index contributed by atoms with van der Waals surface area (Å²) in [7, 11) is 0. The highest BCUT2D eigenvalue weighted by Crippen LogP contribution is 2.25. The molecule has 0 aliphatic carbocycles.